The Bertz CT molecular complexity index is 1130. The monoisotopic (exact) mass is 424 g/mol. The third-order valence-corrected chi connectivity index (χ3v) is 7.48. The van der Waals surface area contributed by atoms with Crippen LogP contribution in [0, 0.1) is 20.8 Å². The predicted molar refractivity (Wildman–Crippen MR) is 121 cm³/mol. The van der Waals surface area contributed by atoms with E-state index in [0.717, 1.165) is 33.9 Å². The number of rotatable bonds is 5. The summed E-state index contributed by atoms with van der Waals surface area (Å²) < 4.78 is 29.4. The normalized spacial score (nSPS) is 15.5. The van der Waals surface area contributed by atoms with Crippen LogP contribution in [-0.2, 0) is 15.8 Å². The molecule has 0 N–H and O–H groups in total. The second kappa shape index (κ2) is 8.24. The van der Waals surface area contributed by atoms with Crippen molar-refractivity contribution in [2.75, 3.05) is 31.1 Å². The number of aryl methyl sites for hydroxylation is 2. The standard InChI is InChI=1S/C23H28N4O2S/c1-18-8-7-9-21(16-18)17-30(28,29)26-14-12-25(13-15-26)23-19(2)24-27(20(23)3)22-10-5-4-6-11-22/h4-11,16H,12-15,17H2,1-3H3. The van der Waals surface area contributed by atoms with Crippen molar-refractivity contribution in [2.45, 2.75) is 26.5 Å². The van der Waals surface area contributed by atoms with E-state index in [4.69, 9.17) is 5.10 Å². The Morgan fingerprint density at radius 1 is 0.900 bits per heavy atom. The van der Waals surface area contributed by atoms with Crippen LogP contribution in [0.5, 0.6) is 0 Å². The molecular formula is C23H28N4O2S. The lowest BCUT2D eigenvalue weighted by Gasteiger charge is -2.35. The molecular weight excluding hydrogens is 396 g/mol. The van der Waals surface area contributed by atoms with Crippen LogP contribution in [0.25, 0.3) is 5.69 Å². The Labute approximate surface area is 178 Å². The molecule has 158 valence electrons. The van der Waals surface area contributed by atoms with E-state index in [1.165, 1.54) is 0 Å². The van der Waals surface area contributed by atoms with E-state index in [-0.39, 0.29) is 5.75 Å². The maximum atomic E-state index is 12.9. The third kappa shape index (κ3) is 4.13. The lowest BCUT2D eigenvalue weighted by Crippen LogP contribution is -2.49. The van der Waals surface area contributed by atoms with Crippen LogP contribution in [0.1, 0.15) is 22.5 Å². The molecule has 0 saturated carbocycles. The number of para-hydroxylation sites is 1. The molecule has 0 unspecified atom stereocenters. The smallest absolute Gasteiger partial charge is 0.218 e. The van der Waals surface area contributed by atoms with Gasteiger partial charge in [-0.2, -0.15) is 9.40 Å². The molecule has 6 nitrogen and oxygen atoms in total. The lowest BCUT2D eigenvalue weighted by atomic mass is 10.2. The summed E-state index contributed by atoms with van der Waals surface area (Å²) in [5.74, 6) is 0.0542. The van der Waals surface area contributed by atoms with Crippen LogP contribution in [0.4, 0.5) is 5.69 Å². The molecule has 3 aromatic rings. The second-order valence-electron chi connectivity index (χ2n) is 7.90. The van der Waals surface area contributed by atoms with Crippen molar-refractivity contribution in [1.29, 1.82) is 0 Å². The SMILES string of the molecule is Cc1cccc(CS(=O)(=O)N2CCN(c3c(C)nn(-c4ccccc4)c3C)CC2)c1. The molecule has 0 aliphatic carbocycles. The molecule has 2 aromatic carbocycles. The highest BCUT2D eigenvalue weighted by atomic mass is 32.2. The fraction of sp³-hybridized carbons (Fsp3) is 0.348. The van der Waals surface area contributed by atoms with Gasteiger partial charge in [-0.3, -0.25) is 0 Å². The summed E-state index contributed by atoms with van der Waals surface area (Å²) in [6.45, 7) is 8.37. The van der Waals surface area contributed by atoms with Crippen LogP contribution in [0.3, 0.4) is 0 Å². The first-order valence-electron chi connectivity index (χ1n) is 10.2. The molecule has 7 heteroatoms. The van der Waals surface area contributed by atoms with Gasteiger partial charge in [0.2, 0.25) is 10.0 Å². The Hall–Kier alpha value is -2.64. The van der Waals surface area contributed by atoms with Gasteiger partial charge in [-0.15, -0.1) is 0 Å². The minimum absolute atomic E-state index is 0.0542. The lowest BCUT2D eigenvalue weighted by molar-refractivity contribution is 0.384. The number of hydrogen-bond donors (Lipinski definition) is 0. The molecule has 4 rings (SSSR count). The first-order valence-corrected chi connectivity index (χ1v) is 11.9. The summed E-state index contributed by atoms with van der Waals surface area (Å²) >= 11 is 0. The first-order chi connectivity index (χ1) is 14.3. The van der Waals surface area contributed by atoms with Crippen LogP contribution >= 0.6 is 0 Å². The topological polar surface area (TPSA) is 58.4 Å². The Morgan fingerprint density at radius 2 is 1.60 bits per heavy atom. The van der Waals surface area contributed by atoms with Crippen LogP contribution in [0.15, 0.2) is 54.6 Å². The van der Waals surface area contributed by atoms with Crippen molar-refractivity contribution in [2.24, 2.45) is 0 Å². The molecule has 1 aliphatic rings. The molecule has 30 heavy (non-hydrogen) atoms. The Balaban J connectivity index is 1.48. The molecule has 2 heterocycles. The van der Waals surface area contributed by atoms with E-state index in [1.807, 2.05) is 73.1 Å². The number of aromatic nitrogens is 2. The minimum atomic E-state index is -3.33. The number of anilines is 1. The molecule has 1 saturated heterocycles. The van der Waals surface area contributed by atoms with E-state index in [2.05, 4.69) is 11.8 Å². The number of sulfonamides is 1. The number of hydrogen-bond acceptors (Lipinski definition) is 4. The summed E-state index contributed by atoms with van der Waals surface area (Å²) in [6.07, 6.45) is 0. The fourth-order valence-corrected chi connectivity index (χ4v) is 5.71. The second-order valence-corrected chi connectivity index (χ2v) is 9.87. The highest BCUT2D eigenvalue weighted by molar-refractivity contribution is 7.88. The molecule has 1 aromatic heterocycles. The van der Waals surface area contributed by atoms with Gasteiger partial charge in [-0.25, -0.2) is 13.1 Å². The zero-order valence-electron chi connectivity index (χ0n) is 17.7. The third-order valence-electron chi connectivity index (χ3n) is 5.63. The highest BCUT2D eigenvalue weighted by Gasteiger charge is 2.29. The molecule has 1 fully saturated rings. The fourth-order valence-electron chi connectivity index (χ4n) is 4.21. The molecule has 1 aliphatic heterocycles. The van der Waals surface area contributed by atoms with Gasteiger partial charge >= 0.3 is 0 Å². The average molecular weight is 425 g/mol. The van der Waals surface area contributed by atoms with Gasteiger partial charge in [-0.05, 0) is 38.5 Å². The van der Waals surface area contributed by atoms with Gasteiger partial charge in [0.1, 0.15) is 0 Å². The number of benzene rings is 2. The van der Waals surface area contributed by atoms with Gasteiger partial charge in [-0.1, -0.05) is 48.0 Å². The average Bonchev–Trinajstić information content (AvgIpc) is 3.02. The molecule has 0 radical (unpaired) electrons. The molecule has 0 amide bonds. The summed E-state index contributed by atoms with van der Waals surface area (Å²) in [5.41, 5.74) is 6.10. The van der Waals surface area contributed by atoms with E-state index >= 15 is 0 Å². The van der Waals surface area contributed by atoms with Crippen LogP contribution in [-0.4, -0.2) is 48.7 Å². The van der Waals surface area contributed by atoms with Gasteiger partial charge < -0.3 is 4.90 Å². The van der Waals surface area contributed by atoms with Gasteiger partial charge in [0.05, 0.1) is 28.5 Å². The van der Waals surface area contributed by atoms with Crippen LogP contribution < -0.4 is 4.90 Å². The summed E-state index contributed by atoms with van der Waals surface area (Å²) in [6, 6.07) is 17.8. The largest absolute Gasteiger partial charge is 0.366 e. The number of piperazine rings is 1. The Kier molecular flexibility index (Phi) is 5.66. The summed E-state index contributed by atoms with van der Waals surface area (Å²) in [4.78, 5) is 2.26. The van der Waals surface area contributed by atoms with Gasteiger partial charge in [0.15, 0.2) is 0 Å². The van der Waals surface area contributed by atoms with Crippen molar-refractivity contribution in [3.63, 3.8) is 0 Å². The maximum absolute atomic E-state index is 12.9. The zero-order chi connectivity index (χ0) is 21.3. The van der Waals surface area contributed by atoms with Crippen LogP contribution in [0.2, 0.25) is 0 Å². The predicted octanol–water partition coefficient (Wildman–Crippen LogP) is 3.45. The van der Waals surface area contributed by atoms with E-state index in [1.54, 1.807) is 4.31 Å². The Morgan fingerprint density at radius 3 is 2.27 bits per heavy atom. The van der Waals surface area contributed by atoms with Gasteiger partial charge in [0.25, 0.3) is 0 Å². The quantitative estimate of drug-likeness (QED) is 0.630. The van der Waals surface area contributed by atoms with Gasteiger partial charge in [0, 0.05) is 26.2 Å². The van der Waals surface area contributed by atoms with Crippen molar-refractivity contribution in [3.8, 4) is 5.69 Å². The van der Waals surface area contributed by atoms with E-state index < -0.39 is 10.0 Å². The maximum Gasteiger partial charge on any atom is 0.218 e. The van der Waals surface area contributed by atoms with E-state index in [0.29, 0.717) is 26.2 Å². The first kappa shape index (κ1) is 20.6. The molecule has 0 spiro atoms. The molecule has 0 bridgehead atoms. The van der Waals surface area contributed by atoms with Crippen molar-refractivity contribution < 1.29 is 8.42 Å². The van der Waals surface area contributed by atoms with Crippen molar-refractivity contribution in [3.05, 3.63) is 77.1 Å². The molecule has 0 atom stereocenters. The summed E-state index contributed by atoms with van der Waals surface area (Å²) in [7, 11) is -3.33. The van der Waals surface area contributed by atoms with Crippen molar-refractivity contribution in [1.82, 2.24) is 14.1 Å². The zero-order valence-corrected chi connectivity index (χ0v) is 18.6. The highest BCUT2D eigenvalue weighted by Crippen LogP contribution is 2.28. The van der Waals surface area contributed by atoms with E-state index in [9.17, 15) is 8.42 Å². The number of nitrogens with zero attached hydrogens (tertiary/aromatic N) is 4. The minimum Gasteiger partial charge on any atom is -0.366 e. The van der Waals surface area contributed by atoms with Crippen molar-refractivity contribution >= 4 is 15.7 Å². The summed E-state index contributed by atoms with van der Waals surface area (Å²) in [5, 5.41) is 4.73.